The van der Waals surface area contributed by atoms with E-state index in [1.54, 1.807) is 6.92 Å². The van der Waals surface area contributed by atoms with Gasteiger partial charge in [-0.25, -0.2) is 0 Å². The van der Waals surface area contributed by atoms with Crippen LogP contribution in [0.25, 0.3) is 0 Å². The maximum absolute atomic E-state index is 9.08. The summed E-state index contributed by atoms with van der Waals surface area (Å²) in [6.07, 6.45) is 3.66. The Morgan fingerprint density at radius 3 is 2.54 bits per heavy atom. The molecule has 0 radical (unpaired) electrons. The summed E-state index contributed by atoms with van der Waals surface area (Å²) in [5.41, 5.74) is 0. The van der Waals surface area contributed by atoms with Crippen LogP contribution in [0.15, 0.2) is 0 Å². The van der Waals surface area contributed by atoms with Crippen molar-refractivity contribution >= 4 is 0 Å². The first-order valence-electron chi connectivity index (χ1n) is 5.39. The normalized spacial score (nSPS) is 37.4. The van der Waals surface area contributed by atoms with Crippen molar-refractivity contribution in [1.29, 1.82) is 0 Å². The third-order valence-electron chi connectivity index (χ3n) is 3.12. The molecule has 1 aliphatic rings. The second-order valence-corrected chi connectivity index (χ2v) is 4.57. The third-order valence-corrected chi connectivity index (χ3v) is 3.12. The van der Waals surface area contributed by atoms with Crippen LogP contribution in [-0.4, -0.2) is 23.9 Å². The SMILES string of the molecule is CC(O)COC1CCC(C)C(C)C1. The average Bonchev–Trinajstić information content (AvgIpc) is 2.07. The molecule has 13 heavy (non-hydrogen) atoms. The number of aliphatic hydroxyl groups is 1. The van der Waals surface area contributed by atoms with Crippen molar-refractivity contribution in [2.24, 2.45) is 11.8 Å². The molecule has 2 heteroatoms. The first-order chi connectivity index (χ1) is 6.09. The molecule has 0 aromatic heterocycles. The van der Waals surface area contributed by atoms with Gasteiger partial charge in [-0.3, -0.25) is 0 Å². The minimum atomic E-state index is -0.324. The highest BCUT2D eigenvalue weighted by Crippen LogP contribution is 2.30. The van der Waals surface area contributed by atoms with Crippen molar-refractivity contribution in [3.8, 4) is 0 Å². The van der Waals surface area contributed by atoms with Gasteiger partial charge in [-0.05, 0) is 38.0 Å². The third kappa shape index (κ3) is 3.65. The first-order valence-corrected chi connectivity index (χ1v) is 5.39. The Kier molecular flexibility index (Phi) is 4.20. The van der Waals surface area contributed by atoms with Crippen molar-refractivity contribution in [2.75, 3.05) is 6.61 Å². The lowest BCUT2D eigenvalue weighted by Crippen LogP contribution is -2.28. The molecule has 4 atom stereocenters. The number of hydrogen-bond donors (Lipinski definition) is 1. The summed E-state index contributed by atoms with van der Waals surface area (Å²) in [7, 11) is 0. The molecule has 1 N–H and O–H groups in total. The lowest BCUT2D eigenvalue weighted by Gasteiger charge is -2.32. The quantitative estimate of drug-likeness (QED) is 0.732. The van der Waals surface area contributed by atoms with E-state index in [1.807, 2.05) is 0 Å². The predicted octanol–water partition coefficient (Wildman–Crippen LogP) is 2.21. The van der Waals surface area contributed by atoms with Crippen molar-refractivity contribution in [3.05, 3.63) is 0 Å². The van der Waals surface area contributed by atoms with Gasteiger partial charge in [0.15, 0.2) is 0 Å². The van der Waals surface area contributed by atoms with Crippen molar-refractivity contribution < 1.29 is 9.84 Å². The molecule has 0 aromatic rings. The Morgan fingerprint density at radius 1 is 1.31 bits per heavy atom. The molecule has 1 fully saturated rings. The van der Waals surface area contributed by atoms with Crippen LogP contribution in [0, 0.1) is 11.8 Å². The van der Waals surface area contributed by atoms with Gasteiger partial charge in [0.2, 0.25) is 0 Å². The molecule has 2 nitrogen and oxygen atoms in total. The van der Waals surface area contributed by atoms with E-state index in [-0.39, 0.29) is 6.10 Å². The largest absolute Gasteiger partial charge is 0.391 e. The van der Waals surface area contributed by atoms with E-state index in [2.05, 4.69) is 13.8 Å². The molecule has 78 valence electrons. The van der Waals surface area contributed by atoms with Gasteiger partial charge in [0.05, 0.1) is 18.8 Å². The molecule has 0 saturated heterocycles. The topological polar surface area (TPSA) is 29.5 Å². The van der Waals surface area contributed by atoms with E-state index in [0.29, 0.717) is 12.7 Å². The summed E-state index contributed by atoms with van der Waals surface area (Å²) in [6.45, 7) is 6.87. The van der Waals surface area contributed by atoms with Gasteiger partial charge in [-0.2, -0.15) is 0 Å². The van der Waals surface area contributed by atoms with E-state index < -0.39 is 0 Å². The maximum atomic E-state index is 9.08. The van der Waals surface area contributed by atoms with Gasteiger partial charge in [0.1, 0.15) is 0 Å². The fourth-order valence-electron chi connectivity index (χ4n) is 1.92. The van der Waals surface area contributed by atoms with Crippen LogP contribution in [-0.2, 0) is 4.74 Å². The monoisotopic (exact) mass is 186 g/mol. The zero-order valence-electron chi connectivity index (χ0n) is 8.99. The van der Waals surface area contributed by atoms with Crippen molar-refractivity contribution in [2.45, 2.75) is 52.2 Å². The molecule has 0 amide bonds. The molecule has 0 aliphatic heterocycles. The summed E-state index contributed by atoms with van der Waals surface area (Å²) in [4.78, 5) is 0. The van der Waals surface area contributed by atoms with E-state index in [4.69, 9.17) is 9.84 Å². The van der Waals surface area contributed by atoms with Gasteiger partial charge in [0, 0.05) is 0 Å². The van der Waals surface area contributed by atoms with Gasteiger partial charge in [-0.1, -0.05) is 13.8 Å². The highest BCUT2D eigenvalue weighted by atomic mass is 16.5. The van der Waals surface area contributed by atoms with E-state index in [0.717, 1.165) is 24.7 Å². The first kappa shape index (κ1) is 11.0. The van der Waals surface area contributed by atoms with Crippen LogP contribution in [0.1, 0.15) is 40.0 Å². The van der Waals surface area contributed by atoms with Gasteiger partial charge < -0.3 is 9.84 Å². The van der Waals surface area contributed by atoms with Crippen molar-refractivity contribution in [3.63, 3.8) is 0 Å². The molecule has 1 rings (SSSR count). The van der Waals surface area contributed by atoms with Crippen LogP contribution >= 0.6 is 0 Å². The highest BCUT2D eigenvalue weighted by molar-refractivity contribution is 4.75. The maximum Gasteiger partial charge on any atom is 0.0745 e. The standard InChI is InChI=1S/C11H22O2/c1-8-4-5-11(6-9(8)2)13-7-10(3)12/h8-12H,4-7H2,1-3H3. The molecular formula is C11H22O2. The molecular weight excluding hydrogens is 164 g/mol. The minimum Gasteiger partial charge on any atom is -0.391 e. The van der Waals surface area contributed by atoms with E-state index >= 15 is 0 Å². The number of ether oxygens (including phenoxy) is 1. The van der Waals surface area contributed by atoms with Gasteiger partial charge >= 0.3 is 0 Å². The summed E-state index contributed by atoms with van der Waals surface area (Å²) in [6, 6.07) is 0. The lowest BCUT2D eigenvalue weighted by atomic mass is 9.80. The predicted molar refractivity (Wildman–Crippen MR) is 53.6 cm³/mol. The minimum absolute atomic E-state index is 0.324. The second-order valence-electron chi connectivity index (χ2n) is 4.57. The van der Waals surface area contributed by atoms with Crippen LogP contribution in [0.5, 0.6) is 0 Å². The smallest absolute Gasteiger partial charge is 0.0745 e. The summed E-state index contributed by atoms with van der Waals surface area (Å²) in [5.74, 6) is 1.61. The Hall–Kier alpha value is -0.0800. The van der Waals surface area contributed by atoms with Gasteiger partial charge in [0.25, 0.3) is 0 Å². The molecule has 1 saturated carbocycles. The molecule has 0 bridgehead atoms. The molecule has 0 aromatic carbocycles. The fraction of sp³-hybridized carbons (Fsp3) is 1.00. The average molecular weight is 186 g/mol. The lowest BCUT2D eigenvalue weighted by molar-refractivity contribution is -0.0341. The molecule has 0 heterocycles. The Morgan fingerprint density at radius 2 is 2.00 bits per heavy atom. The summed E-state index contributed by atoms with van der Waals surface area (Å²) >= 11 is 0. The van der Waals surface area contributed by atoms with Crippen LogP contribution in [0.4, 0.5) is 0 Å². The Balaban J connectivity index is 2.21. The van der Waals surface area contributed by atoms with Crippen LogP contribution < -0.4 is 0 Å². The fourth-order valence-corrected chi connectivity index (χ4v) is 1.92. The molecule has 4 unspecified atom stereocenters. The van der Waals surface area contributed by atoms with E-state index in [9.17, 15) is 0 Å². The Labute approximate surface area is 81.3 Å². The molecule has 0 spiro atoms. The van der Waals surface area contributed by atoms with Crippen molar-refractivity contribution in [1.82, 2.24) is 0 Å². The van der Waals surface area contributed by atoms with Gasteiger partial charge in [-0.15, -0.1) is 0 Å². The molecule has 1 aliphatic carbocycles. The zero-order chi connectivity index (χ0) is 9.84. The highest BCUT2D eigenvalue weighted by Gasteiger charge is 2.24. The Bertz CT molecular complexity index is 145. The van der Waals surface area contributed by atoms with E-state index in [1.165, 1.54) is 6.42 Å². The van der Waals surface area contributed by atoms with Crippen LogP contribution in [0.3, 0.4) is 0 Å². The van der Waals surface area contributed by atoms with Crippen LogP contribution in [0.2, 0.25) is 0 Å². The number of aliphatic hydroxyl groups excluding tert-OH is 1. The number of hydrogen-bond acceptors (Lipinski definition) is 2. The number of rotatable bonds is 3. The second kappa shape index (κ2) is 4.97. The zero-order valence-corrected chi connectivity index (χ0v) is 8.99. The summed E-state index contributed by atoms with van der Waals surface area (Å²) in [5, 5.41) is 9.08. The summed E-state index contributed by atoms with van der Waals surface area (Å²) < 4.78 is 5.61.